The van der Waals surface area contributed by atoms with Crippen LogP contribution in [-0.2, 0) is 18.4 Å². The van der Waals surface area contributed by atoms with Crippen molar-refractivity contribution in [3.05, 3.63) is 36.3 Å². The summed E-state index contributed by atoms with van der Waals surface area (Å²) in [6, 6.07) is 4.17. The fourth-order valence-electron chi connectivity index (χ4n) is 4.22. The number of nitrogens with zero attached hydrogens (tertiary/aromatic N) is 8. The predicted molar refractivity (Wildman–Crippen MR) is 126 cm³/mol. The lowest BCUT2D eigenvalue weighted by Crippen LogP contribution is -2.55. The molecule has 2 aromatic rings. The van der Waals surface area contributed by atoms with E-state index in [4.69, 9.17) is 0 Å². The summed E-state index contributed by atoms with van der Waals surface area (Å²) >= 11 is 0. The lowest BCUT2D eigenvalue weighted by molar-refractivity contribution is -0.120. The maximum absolute atomic E-state index is 12.7. The Morgan fingerprint density at radius 2 is 2.00 bits per heavy atom. The van der Waals surface area contributed by atoms with Gasteiger partial charge in [0.05, 0.1) is 11.9 Å². The fourth-order valence-corrected chi connectivity index (χ4v) is 4.22. The molecule has 0 bridgehead atoms. The van der Waals surface area contributed by atoms with Crippen molar-refractivity contribution in [2.24, 2.45) is 12.0 Å². The third-order valence-electron chi connectivity index (χ3n) is 6.14. The van der Waals surface area contributed by atoms with E-state index >= 15 is 0 Å². The second kappa shape index (κ2) is 9.99. The summed E-state index contributed by atoms with van der Waals surface area (Å²) in [5.41, 5.74) is 1.98. The number of rotatable bonds is 5. The van der Waals surface area contributed by atoms with Crippen LogP contribution in [0.2, 0.25) is 0 Å². The van der Waals surface area contributed by atoms with Crippen LogP contribution in [0.15, 0.2) is 35.7 Å². The third-order valence-corrected chi connectivity index (χ3v) is 6.14. The minimum absolute atomic E-state index is 0.0459. The lowest BCUT2D eigenvalue weighted by atomic mass is 10.2. The molecule has 2 saturated heterocycles. The molecule has 0 atom stereocenters. The van der Waals surface area contributed by atoms with Gasteiger partial charge in [0.1, 0.15) is 12.4 Å². The number of carbonyl (C=O) groups is 1. The molecule has 0 radical (unpaired) electrons. The van der Waals surface area contributed by atoms with Crippen molar-refractivity contribution in [2.45, 2.75) is 13.5 Å². The second-order valence-electron chi connectivity index (χ2n) is 8.18. The van der Waals surface area contributed by atoms with E-state index in [1.807, 2.05) is 30.4 Å². The Balaban J connectivity index is 1.33. The number of aromatic nitrogens is 3. The summed E-state index contributed by atoms with van der Waals surface area (Å²) in [7, 11) is 3.61. The SMILES string of the molecule is CCN1CCN(c2cc(CNC(=NC)N3CCN(c4cnn(C)c4)C(=O)C3)ccn2)CC1. The molecule has 2 aliphatic rings. The van der Waals surface area contributed by atoms with Gasteiger partial charge in [-0.3, -0.25) is 14.5 Å². The molecule has 4 rings (SSSR count). The summed E-state index contributed by atoms with van der Waals surface area (Å²) in [6.07, 6.45) is 5.46. The van der Waals surface area contributed by atoms with Gasteiger partial charge < -0.3 is 24.9 Å². The molecule has 4 heterocycles. The summed E-state index contributed by atoms with van der Waals surface area (Å²) in [5.74, 6) is 1.80. The van der Waals surface area contributed by atoms with Crippen LogP contribution >= 0.6 is 0 Å². The van der Waals surface area contributed by atoms with Crippen molar-refractivity contribution in [1.82, 2.24) is 29.9 Å². The van der Waals surface area contributed by atoms with E-state index in [1.165, 1.54) is 0 Å². The van der Waals surface area contributed by atoms with E-state index in [9.17, 15) is 4.79 Å². The molecule has 2 aliphatic heterocycles. The van der Waals surface area contributed by atoms with Crippen LogP contribution in [0.4, 0.5) is 11.5 Å². The molecule has 10 heteroatoms. The number of guanidine groups is 1. The van der Waals surface area contributed by atoms with Crippen LogP contribution in [0.1, 0.15) is 12.5 Å². The van der Waals surface area contributed by atoms with Gasteiger partial charge in [-0.15, -0.1) is 0 Å². The highest BCUT2D eigenvalue weighted by Crippen LogP contribution is 2.17. The van der Waals surface area contributed by atoms with E-state index in [0.717, 1.165) is 55.8 Å². The van der Waals surface area contributed by atoms with E-state index in [2.05, 4.69) is 43.2 Å². The Kier molecular flexibility index (Phi) is 6.89. The Hall–Kier alpha value is -3.14. The average molecular weight is 440 g/mol. The van der Waals surface area contributed by atoms with Gasteiger partial charge in [-0.05, 0) is 24.2 Å². The molecule has 2 fully saturated rings. The van der Waals surface area contributed by atoms with Crippen molar-refractivity contribution < 1.29 is 4.79 Å². The highest BCUT2D eigenvalue weighted by atomic mass is 16.2. The van der Waals surface area contributed by atoms with Crippen LogP contribution in [0, 0.1) is 0 Å². The van der Waals surface area contributed by atoms with E-state index in [1.54, 1.807) is 22.8 Å². The van der Waals surface area contributed by atoms with Crippen LogP contribution in [0.3, 0.4) is 0 Å². The number of hydrogen-bond acceptors (Lipinski definition) is 6. The Bertz CT molecular complexity index is 948. The molecule has 1 amide bonds. The van der Waals surface area contributed by atoms with Crippen LogP contribution in [-0.4, -0.2) is 95.8 Å². The third kappa shape index (κ3) is 5.01. The maximum atomic E-state index is 12.7. The quantitative estimate of drug-likeness (QED) is 0.533. The van der Waals surface area contributed by atoms with E-state index < -0.39 is 0 Å². The number of carbonyl (C=O) groups excluding carboxylic acids is 1. The largest absolute Gasteiger partial charge is 0.354 e. The van der Waals surface area contributed by atoms with Crippen molar-refractivity contribution in [1.29, 1.82) is 0 Å². The van der Waals surface area contributed by atoms with E-state index in [-0.39, 0.29) is 12.5 Å². The van der Waals surface area contributed by atoms with Gasteiger partial charge in [-0.2, -0.15) is 5.10 Å². The molecule has 32 heavy (non-hydrogen) atoms. The highest BCUT2D eigenvalue weighted by molar-refractivity contribution is 5.98. The number of pyridine rings is 1. The van der Waals surface area contributed by atoms with Crippen molar-refractivity contribution >= 4 is 23.4 Å². The van der Waals surface area contributed by atoms with Crippen LogP contribution in [0.25, 0.3) is 0 Å². The monoisotopic (exact) mass is 439 g/mol. The summed E-state index contributed by atoms with van der Waals surface area (Å²) < 4.78 is 1.71. The molecular formula is C22H33N9O. The molecule has 10 nitrogen and oxygen atoms in total. The minimum atomic E-state index is 0.0459. The molecule has 0 unspecified atom stereocenters. The smallest absolute Gasteiger partial charge is 0.246 e. The predicted octanol–water partition coefficient (Wildman–Crippen LogP) is 0.381. The molecule has 0 spiro atoms. The summed E-state index contributed by atoms with van der Waals surface area (Å²) in [5, 5.41) is 7.59. The zero-order valence-electron chi connectivity index (χ0n) is 19.2. The fraction of sp³-hybridized carbons (Fsp3) is 0.545. The second-order valence-corrected chi connectivity index (χ2v) is 8.18. The molecule has 2 aromatic heterocycles. The zero-order valence-corrected chi connectivity index (χ0v) is 19.2. The topological polar surface area (TPSA) is 85.1 Å². The number of anilines is 2. The lowest BCUT2D eigenvalue weighted by Gasteiger charge is -2.35. The Morgan fingerprint density at radius 1 is 1.19 bits per heavy atom. The van der Waals surface area contributed by atoms with Gasteiger partial charge in [0.15, 0.2) is 5.96 Å². The first-order valence-electron chi connectivity index (χ1n) is 11.2. The van der Waals surface area contributed by atoms with E-state index in [0.29, 0.717) is 19.6 Å². The summed E-state index contributed by atoms with van der Waals surface area (Å²) in [4.78, 5) is 30.3. The average Bonchev–Trinajstić information content (AvgIpc) is 3.25. The molecule has 0 aromatic carbocycles. The highest BCUT2D eigenvalue weighted by Gasteiger charge is 2.27. The number of aliphatic imine (C=N–C) groups is 1. The number of likely N-dealkylation sites (N-methyl/N-ethyl adjacent to an activating group) is 1. The van der Waals surface area contributed by atoms with Gasteiger partial charge in [0.25, 0.3) is 0 Å². The first-order chi connectivity index (χ1) is 15.6. The number of amides is 1. The Labute approximate surface area is 189 Å². The number of aryl methyl sites for hydroxylation is 1. The summed E-state index contributed by atoms with van der Waals surface area (Å²) in [6.45, 7) is 9.71. The van der Waals surface area contributed by atoms with Gasteiger partial charge in [-0.25, -0.2) is 4.98 Å². The maximum Gasteiger partial charge on any atom is 0.246 e. The molecule has 1 N–H and O–H groups in total. The molecule has 0 aliphatic carbocycles. The first kappa shape index (κ1) is 22.1. The number of piperazine rings is 2. The van der Waals surface area contributed by atoms with Crippen LogP contribution < -0.4 is 15.1 Å². The Morgan fingerprint density at radius 3 is 2.66 bits per heavy atom. The van der Waals surface area contributed by atoms with Gasteiger partial charge in [-0.1, -0.05) is 6.92 Å². The molecule has 172 valence electrons. The normalized spacial score (nSPS) is 18.4. The number of hydrogen-bond donors (Lipinski definition) is 1. The van der Waals surface area contributed by atoms with Crippen LogP contribution in [0.5, 0.6) is 0 Å². The van der Waals surface area contributed by atoms with Gasteiger partial charge in [0.2, 0.25) is 5.91 Å². The first-order valence-corrected chi connectivity index (χ1v) is 11.2. The standard InChI is InChI=1S/C22H33N9O/c1-4-28-7-9-29(10-8-28)20-13-18(5-6-24-20)14-25-22(23-2)30-11-12-31(21(32)17-30)19-15-26-27(3)16-19/h5-6,13,15-16H,4,7-12,14,17H2,1-3H3,(H,23,25). The minimum Gasteiger partial charge on any atom is -0.354 e. The van der Waals surface area contributed by atoms with Crippen molar-refractivity contribution in [3.63, 3.8) is 0 Å². The molecular weight excluding hydrogens is 406 g/mol. The van der Waals surface area contributed by atoms with Crippen molar-refractivity contribution in [2.75, 3.05) is 69.2 Å². The molecule has 0 saturated carbocycles. The van der Waals surface area contributed by atoms with Crippen molar-refractivity contribution in [3.8, 4) is 0 Å². The van der Waals surface area contributed by atoms with Gasteiger partial charge >= 0.3 is 0 Å². The number of nitrogens with one attached hydrogen (secondary N) is 1. The van der Waals surface area contributed by atoms with Gasteiger partial charge in [0, 0.05) is 72.3 Å². The zero-order chi connectivity index (χ0) is 22.5.